The summed E-state index contributed by atoms with van der Waals surface area (Å²) in [7, 11) is 0. The van der Waals surface area contributed by atoms with E-state index in [1.54, 1.807) is 0 Å². The Morgan fingerprint density at radius 3 is 2.67 bits per heavy atom. The lowest BCUT2D eigenvalue weighted by Gasteiger charge is -2.07. The summed E-state index contributed by atoms with van der Waals surface area (Å²) in [5.74, 6) is 0.938. The number of ether oxygens (including phenoxy) is 1. The highest BCUT2D eigenvalue weighted by Crippen LogP contribution is 2.34. The largest absolute Gasteiger partial charge is 0.488 e. The number of nitrogens with two attached hydrogens (primary N) is 1. The van der Waals surface area contributed by atoms with Crippen molar-refractivity contribution in [3.8, 4) is 5.75 Å². The minimum Gasteiger partial charge on any atom is -0.488 e. The SMILES string of the molecule is CC1Oc2ccccc2C1N.Cl. The average Bonchev–Trinajstić information content (AvgIpc) is 2.30. The van der Waals surface area contributed by atoms with Crippen LogP contribution in [-0.2, 0) is 0 Å². The highest BCUT2D eigenvalue weighted by Gasteiger charge is 2.26. The van der Waals surface area contributed by atoms with E-state index >= 15 is 0 Å². The number of rotatable bonds is 0. The van der Waals surface area contributed by atoms with E-state index in [1.807, 2.05) is 31.2 Å². The molecule has 0 fully saturated rings. The number of para-hydroxylation sites is 1. The van der Waals surface area contributed by atoms with Gasteiger partial charge in [0.15, 0.2) is 0 Å². The molecule has 2 N–H and O–H groups in total. The van der Waals surface area contributed by atoms with Gasteiger partial charge < -0.3 is 10.5 Å². The van der Waals surface area contributed by atoms with Crippen LogP contribution in [0.1, 0.15) is 18.5 Å². The predicted octanol–water partition coefficient (Wildman–Crippen LogP) is 1.89. The summed E-state index contributed by atoms with van der Waals surface area (Å²) in [5, 5.41) is 0. The van der Waals surface area contributed by atoms with E-state index in [2.05, 4.69) is 0 Å². The highest BCUT2D eigenvalue weighted by atomic mass is 35.5. The van der Waals surface area contributed by atoms with Crippen LogP contribution in [0.15, 0.2) is 24.3 Å². The summed E-state index contributed by atoms with van der Waals surface area (Å²) in [6.45, 7) is 1.99. The predicted molar refractivity (Wildman–Crippen MR) is 50.7 cm³/mol. The zero-order chi connectivity index (χ0) is 7.84. The second-order valence-corrected chi connectivity index (χ2v) is 2.89. The maximum atomic E-state index is 5.86. The molecule has 1 aromatic carbocycles. The van der Waals surface area contributed by atoms with E-state index in [0.717, 1.165) is 11.3 Å². The smallest absolute Gasteiger partial charge is 0.124 e. The Hall–Kier alpha value is -0.730. The van der Waals surface area contributed by atoms with Crippen LogP contribution in [0.2, 0.25) is 0 Å². The molecule has 2 nitrogen and oxygen atoms in total. The summed E-state index contributed by atoms with van der Waals surface area (Å²) in [6, 6.07) is 7.97. The minimum absolute atomic E-state index is 0. The second kappa shape index (κ2) is 3.33. The highest BCUT2D eigenvalue weighted by molar-refractivity contribution is 5.85. The number of benzene rings is 1. The Balaban J connectivity index is 0.000000720. The Morgan fingerprint density at radius 1 is 1.33 bits per heavy atom. The molecule has 0 amide bonds. The molecule has 1 aliphatic heterocycles. The van der Waals surface area contributed by atoms with E-state index in [0.29, 0.717) is 0 Å². The number of halogens is 1. The van der Waals surface area contributed by atoms with Gasteiger partial charge in [-0.2, -0.15) is 0 Å². The third-order valence-electron chi connectivity index (χ3n) is 2.10. The summed E-state index contributed by atoms with van der Waals surface area (Å²) in [5.41, 5.74) is 6.99. The molecule has 0 aromatic heterocycles. The Morgan fingerprint density at radius 2 is 2.00 bits per heavy atom. The lowest BCUT2D eigenvalue weighted by atomic mass is 10.1. The van der Waals surface area contributed by atoms with Gasteiger partial charge in [0.25, 0.3) is 0 Å². The quantitative estimate of drug-likeness (QED) is 0.670. The molecule has 66 valence electrons. The van der Waals surface area contributed by atoms with Crippen molar-refractivity contribution in [2.24, 2.45) is 5.73 Å². The van der Waals surface area contributed by atoms with Crippen LogP contribution >= 0.6 is 12.4 Å². The van der Waals surface area contributed by atoms with Crippen LogP contribution in [-0.4, -0.2) is 6.10 Å². The van der Waals surface area contributed by atoms with Gasteiger partial charge in [-0.15, -0.1) is 12.4 Å². The Kier molecular flexibility index (Phi) is 2.60. The maximum Gasteiger partial charge on any atom is 0.124 e. The van der Waals surface area contributed by atoms with Crippen LogP contribution in [0.25, 0.3) is 0 Å². The molecule has 0 aliphatic carbocycles. The topological polar surface area (TPSA) is 35.2 Å². The van der Waals surface area contributed by atoms with Gasteiger partial charge in [-0.1, -0.05) is 18.2 Å². The van der Waals surface area contributed by atoms with E-state index in [9.17, 15) is 0 Å². The van der Waals surface area contributed by atoms with Crippen LogP contribution in [0.4, 0.5) is 0 Å². The summed E-state index contributed by atoms with van der Waals surface area (Å²) < 4.78 is 5.49. The molecule has 2 atom stereocenters. The maximum absolute atomic E-state index is 5.86. The summed E-state index contributed by atoms with van der Waals surface area (Å²) in [4.78, 5) is 0. The van der Waals surface area contributed by atoms with Gasteiger partial charge >= 0.3 is 0 Å². The first kappa shape index (κ1) is 9.36. The molecule has 1 aliphatic rings. The lowest BCUT2D eigenvalue weighted by Crippen LogP contribution is -2.21. The first-order valence-corrected chi connectivity index (χ1v) is 3.80. The van der Waals surface area contributed by atoms with Gasteiger partial charge in [0.2, 0.25) is 0 Å². The minimum atomic E-state index is 0. The zero-order valence-corrected chi connectivity index (χ0v) is 7.67. The molecule has 1 heterocycles. The normalized spacial score (nSPS) is 25.5. The van der Waals surface area contributed by atoms with Gasteiger partial charge in [-0.25, -0.2) is 0 Å². The fourth-order valence-corrected chi connectivity index (χ4v) is 1.39. The molecule has 12 heavy (non-hydrogen) atoms. The number of hydrogen-bond acceptors (Lipinski definition) is 2. The molecule has 2 rings (SSSR count). The van der Waals surface area contributed by atoms with Crippen molar-refractivity contribution in [2.45, 2.75) is 19.1 Å². The second-order valence-electron chi connectivity index (χ2n) is 2.89. The van der Waals surface area contributed by atoms with Crippen LogP contribution < -0.4 is 10.5 Å². The molecule has 1 aromatic rings. The number of hydrogen-bond donors (Lipinski definition) is 1. The van der Waals surface area contributed by atoms with Crippen molar-refractivity contribution in [2.75, 3.05) is 0 Å². The average molecular weight is 186 g/mol. The van der Waals surface area contributed by atoms with E-state index in [1.165, 1.54) is 0 Å². The van der Waals surface area contributed by atoms with Gasteiger partial charge in [0, 0.05) is 5.56 Å². The Labute approximate surface area is 78.1 Å². The van der Waals surface area contributed by atoms with Gasteiger partial charge in [0.1, 0.15) is 11.9 Å². The standard InChI is InChI=1S/C9H11NO.ClH/c1-6-9(10)7-4-2-3-5-8(7)11-6;/h2-6,9H,10H2,1H3;1H. The summed E-state index contributed by atoms with van der Waals surface area (Å²) in [6.07, 6.45) is 0.118. The van der Waals surface area contributed by atoms with Crippen LogP contribution in [0, 0.1) is 0 Å². The molecule has 0 radical (unpaired) electrons. The van der Waals surface area contributed by atoms with Crippen molar-refractivity contribution in [3.63, 3.8) is 0 Å². The molecule has 2 unspecified atom stereocenters. The third-order valence-corrected chi connectivity index (χ3v) is 2.10. The zero-order valence-electron chi connectivity index (χ0n) is 6.86. The van der Waals surface area contributed by atoms with E-state index < -0.39 is 0 Å². The molecule has 3 heteroatoms. The first-order valence-electron chi connectivity index (χ1n) is 3.80. The molecular weight excluding hydrogens is 174 g/mol. The lowest BCUT2D eigenvalue weighted by molar-refractivity contribution is 0.228. The van der Waals surface area contributed by atoms with Crippen molar-refractivity contribution < 1.29 is 4.74 Å². The number of fused-ring (bicyclic) bond motifs is 1. The summed E-state index contributed by atoms with van der Waals surface area (Å²) >= 11 is 0. The van der Waals surface area contributed by atoms with Crippen molar-refractivity contribution >= 4 is 12.4 Å². The molecule has 0 bridgehead atoms. The van der Waals surface area contributed by atoms with E-state index in [4.69, 9.17) is 10.5 Å². The van der Waals surface area contributed by atoms with Crippen LogP contribution in [0.5, 0.6) is 5.75 Å². The Bertz CT molecular complexity index is 277. The van der Waals surface area contributed by atoms with Gasteiger partial charge in [-0.3, -0.25) is 0 Å². The third kappa shape index (κ3) is 1.28. The fourth-order valence-electron chi connectivity index (χ4n) is 1.39. The molecule has 0 saturated heterocycles. The fraction of sp³-hybridized carbons (Fsp3) is 0.333. The van der Waals surface area contributed by atoms with Gasteiger partial charge in [-0.05, 0) is 13.0 Å². The van der Waals surface area contributed by atoms with Gasteiger partial charge in [0.05, 0.1) is 6.04 Å². The van der Waals surface area contributed by atoms with Crippen molar-refractivity contribution in [1.82, 2.24) is 0 Å². The molecular formula is C9H12ClNO. The van der Waals surface area contributed by atoms with Crippen molar-refractivity contribution in [3.05, 3.63) is 29.8 Å². The first-order chi connectivity index (χ1) is 5.29. The van der Waals surface area contributed by atoms with Crippen molar-refractivity contribution in [1.29, 1.82) is 0 Å². The van der Waals surface area contributed by atoms with Crippen LogP contribution in [0.3, 0.4) is 0 Å². The molecule has 0 spiro atoms. The van der Waals surface area contributed by atoms with E-state index in [-0.39, 0.29) is 24.6 Å². The molecule has 0 saturated carbocycles. The monoisotopic (exact) mass is 185 g/mol.